The molecule has 4 heteroatoms. The summed E-state index contributed by atoms with van der Waals surface area (Å²) in [6.45, 7) is 0. The van der Waals surface area contributed by atoms with Crippen molar-refractivity contribution in [3.05, 3.63) is 23.8 Å². The van der Waals surface area contributed by atoms with E-state index in [4.69, 9.17) is 10.5 Å². The zero-order valence-corrected chi connectivity index (χ0v) is 9.56. The molecule has 0 saturated heterocycles. The van der Waals surface area contributed by atoms with E-state index in [1.807, 2.05) is 7.05 Å². The molecule has 16 heavy (non-hydrogen) atoms. The van der Waals surface area contributed by atoms with Crippen LogP contribution >= 0.6 is 0 Å². The first-order valence-corrected chi connectivity index (χ1v) is 5.34. The fourth-order valence-electron chi connectivity index (χ4n) is 1.68. The van der Waals surface area contributed by atoms with Gasteiger partial charge < -0.3 is 15.4 Å². The molecule has 0 bridgehead atoms. The Labute approximate surface area is 95.0 Å². The van der Waals surface area contributed by atoms with Crippen molar-refractivity contribution in [1.29, 1.82) is 0 Å². The number of hydrogen-bond acceptors (Lipinski definition) is 3. The highest BCUT2D eigenvalue weighted by molar-refractivity contribution is 5.95. The van der Waals surface area contributed by atoms with Gasteiger partial charge in [-0.15, -0.1) is 0 Å². The van der Waals surface area contributed by atoms with Crippen molar-refractivity contribution >= 4 is 11.6 Å². The second-order valence-corrected chi connectivity index (χ2v) is 4.10. The topological polar surface area (TPSA) is 55.6 Å². The summed E-state index contributed by atoms with van der Waals surface area (Å²) in [7, 11) is 3.38. The lowest BCUT2D eigenvalue weighted by Gasteiger charge is -2.16. The van der Waals surface area contributed by atoms with Crippen LogP contribution in [0.25, 0.3) is 0 Å². The number of anilines is 1. The van der Waals surface area contributed by atoms with Gasteiger partial charge in [-0.2, -0.15) is 0 Å². The van der Waals surface area contributed by atoms with Crippen molar-refractivity contribution in [3.63, 3.8) is 0 Å². The third-order valence-corrected chi connectivity index (χ3v) is 2.90. The van der Waals surface area contributed by atoms with E-state index in [0.29, 0.717) is 23.0 Å². The SMILES string of the molecule is COc1cc(C(=O)N(C)C2CC2)ccc1N. The Kier molecular flexibility index (Phi) is 2.73. The molecule has 0 aromatic heterocycles. The molecule has 1 aromatic rings. The van der Waals surface area contributed by atoms with E-state index in [0.717, 1.165) is 12.8 Å². The summed E-state index contributed by atoms with van der Waals surface area (Å²) >= 11 is 0. The maximum atomic E-state index is 12.0. The molecular weight excluding hydrogens is 204 g/mol. The molecule has 2 rings (SSSR count). The van der Waals surface area contributed by atoms with Crippen LogP contribution in [0.1, 0.15) is 23.2 Å². The molecule has 0 spiro atoms. The number of ether oxygens (including phenoxy) is 1. The van der Waals surface area contributed by atoms with Crippen LogP contribution in [0.5, 0.6) is 5.75 Å². The Bertz CT molecular complexity index is 413. The van der Waals surface area contributed by atoms with Gasteiger partial charge in [0.25, 0.3) is 5.91 Å². The summed E-state index contributed by atoms with van der Waals surface area (Å²) in [6, 6.07) is 5.54. The van der Waals surface area contributed by atoms with Crippen molar-refractivity contribution < 1.29 is 9.53 Å². The smallest absolute Gasteiger partial charge is 0.253 e. The third-order valence-electron chi connectivity index (χ3n) is 2.90. The number of hydrogen-bond donors (Lipinski definition) is 1. The lowest BCUT2D eigenvalue weighted by molar-refractivity contribution is 0.0785. The number of nitrogens with zero attached hydrogens (tertiary/aromatic N) is 1. The maximum absolute atomic E-state index is 12.0. The minimum Gasteiger partial charge on any atom is -0.495 e. The lowest BCUT2D eigenvalue weighted by atomic mass is 10.1. The molecule has 86 valence electrons. The fraction of sp³-hybridized carbons (Fsp3) is 0.417. The van der Waals surface area contributed by atoms with Crippen LogP contribution in [0.2, 0.25) is 0 Å². The monoisotopic (exact) mass is 220 g/mol. The number of nitrogen functional groups attached to an aromatic ring is 1. The summed E-state index contributed by atoms with van der Waals surface area (Å²) in [5, 5.41) is 0. The van der Waals surface area contributed by atoms with E-state index >= 15 is 0 Å². The molecule has 1 saturated carbocycles. The highest BCUT2D eigenvalue weighted by Crippen LogP contribution is 2.28. The summed E-state index contributed by atoms with van der Waals surface area (Å²) < 4.78 is 5.10. The number of nitrogens with two attached hydrogens (primary N) is 1. The van der Waals surface area contributed by atoms with Gasteiger partial charge in [-0.05, 0) is 31.0 Å². The second-order valence-electron chi connectivity index (χ2n) is 4.10. The minimum atomic E-state index is 0.0285. The molecule has 1 fully saturated rings. The summed E-state index contributed by atoms with van der Waals surface area (Å²) in [6.07, 6.45) is 2.21. The molecule has 2 N–H and O–H groups in total. The van der Waals surface area contributed by atoms with Gasteiger partial charge in [0.1, 0.15) is 5.75 Å². The van der Waals surface area contributed by atoms with E-state index in [1.54, 1.807) is 30.2 Å². The van der Waals surface area contributed by atoms with Crippen LogP contribution in [0.3, 0.4) is 0 Å². The first-order valence-electron chi connectivity index (χ1n) is 5.34. The van der Waals surface area contributed by atoms with Gasteiger partial charge in [0, 0.05) is 18.7 Å². The molecule has 4 nitrogen and oxygen atoms in total. The quantitative estimate of drug-likeness (QED) is 0.785. The molecular formula is C12H16N2O2. The highest BCUT2D eigenvalue weighted by Gasteiger charge is 2.30. The van der Waals surface area contributed by atoms with Crippen molar-refractivity contribution in [3.8, 4) is 5.75 Å². The molecule has 0 atom stereocenters. The van der Waals surface area contributed by atoms with Crippen molar-refractivity contribution in [2.24, 2.45) is 0 Å². The Morgan fingerprint density at radius 3 is 2.75 bits per heavy atom. The number of rotatable bonds is 3. The Morgan fingerprint density at radius 2 is 2.19 bits per heavy atom. The molecule has 0 unspecified atom stereocenters. The number of carbonyl (C=O) groups is 1. The molecule has 0 radical (unpaired) electrons. The van der Waals surface area contributed by atoms with Gasteiger partial charge in [-0.3, -0.25) is 4.79 Å². The van der Waals surface area contributed by atoms with Crippen LogP contribution in [-0.2, 0) is 0 Å². The van der Waals surface area contributed by atoms with Crippen LogP contribution in [0, 0.1) is 0 Å². The largest absolute Gasteiger partial charge is 0.495 e. The van der Waals surface area contributed by atoms with E-state index in [9.17, 15) is 4.79 Å². The number of methoxy groups -OCH3 is 1. The minimum absolute atomic E-state index is 0.0285. The summed E-state index contributed by atoms with van der Waals surface area (Å²) in [5.74, 6) is 0.579. The first kappa shape index (κ1) is 10.8. The third kappa shape index (κ3) is 1.96. The average Bonchev–Trinajstić information content (AvgIpc) is 3.11. The van der Waals surface area contributed by atoms with Crippen LogP contribution in [0.15, 0.2) is 18.2 Å². The van der Waals surface area contributed by atoms with Crippen molar-refractivity contribution in [2.75, 3.05) is 19.9 Å². The Balaban J connectivity index is 2.22. The van der Waals surface area contributed by atoms with Crippen LogP contribution in [-0.4, -0.2) is 31.0 Å². The Hall–Kier alpha value is -1.71. The van der Waals surface area contributed by atoms with Crippen LogP contribution in [0.4, 0.5) is 5.69 Å². The lowest BCUT2D eigenvalue weighted by Crippen LogP contribution is -2.28. The van der Waals surface area contributed by atoms with E-state index in [1.165, 1.54) is 0 Å². The standard InChI is InChI=1S/C12H16N2O2/c1-14(9-4-5-9)12(15)8-3-6-10(13)11(7-8)16-2/h3,6-7,9H,4-5,13H2,1-2H3. The Morgan fingerprint density at radius 1 is 1.50 bits per heavy atom. The predicted octanol–water partition coefficient (Wildman–Crippen LogP) is 1.51. The molecule has 0 heterocycles. The van der Waals surface area contributed by atoms with E-state index in [2.05, 4.69) is 0 Å². The predicted molar refractivity (Wildman–Crippen MR) is 62.5 cm³/mol. The average molecular weight is 220 g/mol. The number of carbonyl (C=O) groups excluding carboxylic acids is 1. The first-order chi connectivity index (χ1) is 7.63. The maximum Gasteiger partial charge on any atom is 0.253 e. The molecule has 1 aromatic carbocycles. The van der Waals surface area contributed by atoms with Gasteiger partial charge in [-0.1, -0.05) is 0 Å². The number of benzene rings is 1. The zero-order valence-electron chi connectivity index (χ0n) is 9.56. The molecule has 1 aliphatic rings. The fourth-order valence-corrected chi connectivity index (χ4v) is 1.68. The molecule has 1 aliphatic carbocycles. The van der Waals surface area contributed by atoms with Crippen LogP contribution < -0.4 is 10.5 Å². The van der Waals surface area contributed by atoms with Gasteiger partial charge in [0.15, 0.2) is 0 Å². The normalized spacial score (nSPS) is 14.6. The summed E-state index contributed by atoms with van der Waals surface area (Å²) in [5.41, 5.74) is 6.87. The van der Waals surface area contributed by atoms with Crippen molar-refractivity contribution in [2.45, 2.75) is 18.9 Å². The molecule has 0 aliphatic heterocycles. The van der Waals surface area contributed by atoms with Gasteiger partial charge in [0.2, 0.25) is 0 Å². The van der Waals surface area contributed by atoms with Gasteiger partial charge in [-0.25, -0.2) is 0 Å². The van der Waals surface area contributed by atoms with E-state index in [-0.39, 0.29) is 5.91 Å². The number of amides is 1. The van der Waals surface area contributed by atoms with Crippen molar-refractivity contribution in [1.82, 2.24) is 4.90 Å². The highest BCUT2D eigenvalue weighted by atomic mass is 16.5. The summed E-state index contributed by atoms with van der Waals surface area (Å²) in [4.78, 5) is 13.8. The van der Waals surface area contributed by atoms with Gasteiger partial charge in [0.05, 0.1) is 12.8 Å². The second kappa shape index (κ2) is 4.04. The molecule has 1 amide bonds. The zero-order chi connectivity index (χ0) is 11.7. The van der Waals surface area contributed by atoms with E-state index < -0.39 is 0 Å². The van der Waals surface area contributed by atoms with Gasteiger partial charge >= 0.3 is 0 Å².